The van der Waals surface area contributed by atoms with Gasteiger partial charge in [-0.15, -0.1) is 0 Å². The van der Waals surface area contributed by atoms with Gasteiger partial charge in [-0.1, -0.05) is 37.6 Å². The van der Waals surface area contributed by atoms with Gasteiger partial charge in [0.05, 0.1) is 5.54 Å². The molecule has 0 spiro atoms. The van der Waals surface area contributed by atoms with Crippen LogP contribution in [0.15, 0.2) is 24.3 Å². The van der Waals surface area contributed by atoms with Crippen molar-refractivity contribution in [2.24, 2.45) is 11.7 Å². The Morgan fingerprint density at radius 2 is 2.20 bits per heavy atom. The van der Waals surface area contributed by atoms with Crippen LogP contribution in [0.4, 0.5) is 0 Å². The number of amides is 1. The third kappa shape index (κ3) is 3.14. The van der Waals surface area contributed by atoms with Crippen molar-refractivity contribution in [1.29, 1.82) is 0 Å². The monoisotopic (exact) mass is 295 g/mol. The number of halogens is 1. The van der Waals surface area contributed by atoms with E-state index in [9.17, 15) is 4.79 Å². The molecule has 0 bridgehead atoms. The molecule has 2 atom stereocenters. The summed E-state index contributed by atoms with van der Waals surface area (Å²) in [5.74, 6) is 0.480. The highest BCUT2D eigenvalue weighted by Crippen LogP contribution is 2.27. The van der Waals surface area contributed by atoms with E-state index >= 15 is 0 Å². The van der Waals surface area contributed by atoms with Crippen LogP contribution >= 0.6 is 11.6 Å². The maximum Gasteiger partial charge on any atom is 0.245 e. The number of nitrogens with two attached hydrogens (primary N) is 1. The van der Waals surface area contributed by atoms with Gasteiger partial charge >= 0.3 is 0 Å². The summed E-state index contributed by atoms with van der Waals surface area (Å²) in [6.07, 6.45) is 0.316. The summed E-state index contributed by atoms with van der Waals surface area (Å²) in [6, 6.07) is 7.51. The van der Waals surface area contributed by atoms with Crippen molar-refractivity contribution in [3.8, 4) is 0 Å². The molecule has 3 N–H and O–H groups in total. The Morgan fingerprint density at radius 3 is 2.80 bits per heavy atom. The Bertz CT molecular complexity index is 506. The zero-order valence-corrected chi connectivity index (χ0v) is 12.9. The van der Waals surface area contributed by atoms with E-state index in [0.29, 0.717) is 17.5 Å². The van der Waals surface area contributed by atoms with Crippen molar-refractivity contribution < 1.29 is 4.79 Å². The average molecular weight is 296 g/mol. The maximum absolute atomic E-state index is 12.6. The summed E-state index contributed by atoms with van der Waals surface area (Å²) in [5.41, 5.74) is 6.47. The molecule has 0 aliphatic carbocycles. The zero-order valence-electron chi connectivity index (χ0n) is 12.2. The number of hydrogen-bond donors (Lipinski definition) is 2. The predicted molar refractivity (Wildman–Crippen MR) is 81.0 cm³/mol. The normalized spacial score (nSPS) is 26.6. The molecule has 20 heavy (non-hydrogen) atoms. The topological polar surface area (TPSA) is 58.4 Å². The molecule has 110 valence electrons. The third-order valence-corrected chi connectivity index (χ3v) is 3.83. The molecule has 2 rings (SSSR count). The molecule has 1 amide bonds. The minimum absolute atomic E-state index is 0.0543. The Morgan fingerprint density at radius 1 is 1.50 bits per heavy atom. The molecule has 1 saturated heterocycles. The molecular weight excluding hydrogens is 274 g/mol. The Kier molecular flexibility index (Phi) is 4.37. The molecule has 0 saturated carbocycles. The van der Waals surface area contributed by atoms with E-state index in [2.05, 4.69) is 19.2 Å². The van der Waals surface area contributed by atoms with Crippen LogP contribution in [0.2, 0.25) is 5.02 Å². The van der Waals surface area contributed by atoms with Crippen LogP contribution in [0.25, 0.3) is 0 Å². The zero-order chi connectivity index (χ0) is 14.9. The number of rotatable bonds is 4. The van der Waals surface area contributed by atoms with Gasteiger partial charge in [-0.25, -0.2) is 0 Å². The smallest absolute Gasteiger partial charge is 0.245 e. The first-order valence-electron chi connectivity index (χ1n) is 6.90. The fourth-order valence-corrected chi connectivity index (χ4v) is 3.09. The molecule has 0 aromatic heterocycles. The number of nitrogens with one attached hydrogen (secondary N) is 1. The lowest BCUT2D eigenvalue weighted by atomic mass is 9.91. The Balaban J connectivity index is 2.15. The van der Waals surface area contributed by atoms with E-state index in [0.717, 1.165) is 12.0 Å². The third-order valence-electron chi connectivity index (χ3n) is 3.59. The van der Waals surface area contributed by atoms with Crippen LogP contribution in [0, 0.1) is 5.92 Å². The molecule has 1 aliphatic rings. The van der Waals surface area contributed by atoms with Gasteiger partial charge in [-0.05, 0) is 37.0 Å². The number of carbonyl (C=O) groups excluding carboxylic acids is 1. The van der Waals surface area contributed by atoms with Crippen LogP contribution in [-0.2, 0) is 11.3 Å². The van der Waals surface area contributed by atoms with E-state index < -0.39 is 11.8 Å². The quantitative estimate of drug-likeness (QED) is 0.896. The number of nitrogens with zero attached hydrogens (tertiary/aromatic N) is 1. The lowest BCUT2D eigenvalue weighted by molar-refractivity contribution is -0.133. The van der Waals surface area contributed by atoms with Crippen molar-refractivity contribution in [1.82, 2.24) is 10.2 Å². The van der Waals surface area contributed by atoms with Crippen molar-refractivity contribution in [2.75, 3.05) is 0 Å². The molecule has 1 fully saturated rings. The second-order valence-corrected chi connectivity index (χ2v) is 6.52. The standard InChI is InChI=1S/C15H22ClN3O/c1-10(2)8-15(3)13(20)19(14(17)18-15)9-11-5-4-6-12(16)7-11/h4-7,10,14,18H,8-9,17H2,1-3H3/t14?,15-/m1/s1. The van der Waals surface area contributed by atoms with Gasteiger partial charge in [0.2, 0.25) is 5.91 Å². The van der Waals surface area contributed by atoms with E-state index in [1.54, 1.807) is 4.90 Å². The lowest BCUT2D eigenvalue weighted by Gasteiger charge is -2.24. The van der Waals surface area contributed by atoms with Gasteiger partial charge in [-0.2, -0.15) is 0 Å². The first-order valence-corrected chi connectivity index (χ1v) is 7.28. The lowest BCUT2D eigenvalue weighted by Crippen LogP contribution is -2.48. The minimum atomic E-state index is -0.577. The van der Waals surface area contributed by atoms with Crippen molar-refractivity contribution >= 4 is 17.5 Å². The van der Waals surface area contributed by atoms with Crippen molar-refractivity contribution in [2.45, 2.75) is 45.6 Å². The van der Waals surface area contributed by atoms with Crippen molar-refractivity contribution in [3.05, 3.63) is 34.9 Å². The predicted octanol–water partition coefficient (Wildman–Crippen LogP) is 2.32. The highest BCUT2D eigenvalue weighted by atomic mass is 35.5. The SMILES string of the molecule is CC(C)C[C@@]1(C)NC(N)N(Cc2cccc(Cl)c2)C1=O. The molecule has 5 heteroatoms. The van der Waals surface area contributed by atoms with E-state index in [4.69, 9.17) is 17.3 Å². The van der Waals surface area contributed by atoms with Crippen LogP contribution < -0.4 is 11.1 Å². The second kappa shape index (κ2) is 5.72. The number of carbonyl (C=O) groups is 1. The Hall–Kier alpha value is -1.10. The van der Waals surface area contributed by atoms with Gasteiger partial charge < -0.3 is 4.90 Å². The molecule has 0 radical (unpaired) electrons. The fraction of sp³-hybridized carbons (Fsp3) is 0.533. The number of benzene rings is 1. The van der Waals surface area contributed by atoms with E-state index in [1.807, 2.05) is 31.2 Å². The summed E-state index contributed by atoms with van der Waals surface area (Å²) >= 11 is 5.98. The van der Waals surface area contributed by atoms with Crippen LogP contribution in [-0.4, -0.2) is 22.6 Å². The largest absolute Gasteiger partial charge is 0.308 e. The molecule has 1 aromatic rings. The number of hydrogen-bond acceptors (Lipinski definition) is 3. The summed E-state index contributed by atoms with van der Waals surface area (Å²) in [4.78, 5) is 14.3. The average Bonchev–Trinajstić information content (AvgIpc) is 2.52. The summed E-state index contributed by atoms with van der Waals surface area (Å²) in [6.45, 7) is 6.60. The molecule has 1 unspecified atom stereocenters. The van der Waals surface area contributed by atoms with E-state index in [-0.39, 0.29) is 5.91 Å². The first-order chi connectivity index (χ1) is 9.32. The Labute approximate surface area is 125 Å². The van der Waals surface area contributed by atoms with Gasteiger partial charge in [0.1, 0.15) is 6.29 Å². The maximum atomic E-state index is 12.6. The van der Waals surface area contributed by atoms with Crippen molar-refractivity contribution in [3.63, 3.8) is 0 Å². The molecule has 1 aliphatic heterocycles. The second-order valence-electron chi connectivity index (χ2n) is 6.08. The summed E-state index contributed by atoms with van der Waals surface area (Å²) in [7, 11) is 0. The molecule has 4 nitrogen and oxygen atoms in total. The van der Waals surface area contributed by atoms with Gasteiger partial charge in [-0.3, -0.25) is 15.8 Å². The van der Waals surface area contributed by atoms with E-state index in [1.165, 1.54) is 0 Å². The van der Waals surface area contributed by atoms with Gasteiger partial charge in [0.15, 0.2) is 0 Å². The molecule has 1 aromatic carbocycles. The minimum Gasteiger partial charge on any atom is -0.308 e. The summed E-state index contributed by atoms with van der Waals surface area (Å²) in [5, 5.41) is 3.88. The molecular formula is C15H22ClN3O. The van der Waals surface area contributed by atoms with Crippen LogP contribution in [0.5, 0.6) is 0 Å². The van der Waals surface area contributed by atoms with Crippen LogP contribution in [0.3, 0.4) is 0 Å². The van der Waals surface area contributed by atoms with Crippen LogP contribution in [0.1, 0.15) is 32.8 Å². The van der Waals surface area contributed by atoms with Gasteiger partial charge in [0, 0.05) is 11.6 Å². The highest BCUT2D eigenvalue weighted by Gasteiger charge is 2.46. The highest BCUT2D eigenvalue weighted by molar-refractivity contribution is 6.30. The summed E-state index contributed by atoms with van der Waals surface area (Å²) < 4.78 is 0. The molecule has 1 heterocycles. The fourth-order valence-electron chi connectivity index (χ4n) is 2.87. The first kappa shape index (κ1) is 15.3. The van der Waals surface area contributed by atoms with Gasteiger partial charge in [0.25, 0.3) is 0 Å².